The second kappa shape index (κ2) is 11.4. The van der Waals surface area contributed by atoms with Gasteiger partial charge in [-0.25, -0.2) is 9.59 Å². The van der Waals surface area contributed by atoms with Crippen molar-refractivity contribution in [2.24, 2.45) is 22.7 Å². The van der Waals surface area contributed by atoms with Crippen molar-refractivity contribution in [1.29, 1.82) is 0 Å². The molecule has 4 aliphatic carbocycles. The van der Waals surface area contributed by atoms with Gasteiger partial charge < -0.3 is 14.2 Å². The summed E-state index contributed by atoms with van der Waals surface area (Å²) in [6.45, 7) is 8.08. The van der Waals surface area contributed by atoms with Crippen LogP contribution in [-0.2, 0) is 19.0 Å². The van der Waals surface area contributed by atoms with Gasteiger partial charge >= 0.3 is 17.9 Å². The summed E-state index contributed by atoms with van der Waals surface area (Å²) in [5.41, 5.74) is 4.73. The van der Waals surface area contributed by atoms with Gasteiger partial charge in [0.15, 0.2) is 0 Å². The van der Waals surface area contributed by atoms with Crippen LogP contribution >= 0.6 is 0 Å². The van der Waals surface area contributed by atoms with E-state index in [1.807, 2.05) is 43.3 Å². The fourth-order valence-corrected chi connectivity index (χ4v) is 8.79. The van der Waals surface area contributed by atoms with Gasteiger partial charge in [-0.1, -0.05) is 55.8 Å². The molecular weight excluding hydrogens is 540 g/mol. The van der Waals surface area contributed by atoms with Crippen LogP contribution in [0.2, 0.25) is 0 Å². The molecule has 2 aromatic carbocycles. The molecule has 5 unspecified atom stereocenters. The molecule has 0 spiro atoms. The van der Waals surface area contributed by atoms with Crippen molar-refractivity contribution in [3.8, 4) is 0 Å². The molecule has 4 aliphatic rings. The minimum Gasteiger partial charge on any atom is -0.459 e. The van der Waals surface area contributed by atoms with E-state index in [4.69, 9.17) is 14.2 Å². The van der Waals surface area contributed by atoms with Crippen molar-refractivity contribution in [1.82, 2.24) is 0 Å². The molecule has 6 atom stereocenters. The number of carbonyl (C=O) groups excluding carboxylic acids is 3. The smallest absolute Gasteiger partial charge is 0.338 e. The summed E-state index contributed by atoms with van der Waals surface area (Å²) in [6, 6.07) is 18.3. The van der Waals surface area contributed by atoms with Crippen LogP contribution in [0.4, 0.5) is 0 Å². The fourth-order valence-electron chi connectivity index (χ4n) is 8.79. The highest BCUT2D eigenvalue weighted by molar-refractivity contribution is 5.90. The molecule has 0 radical (unpaired) electrons. The second-order valence-electron chi connectivity index (χ2n) is 13.4. The van der Waals surface area contributed by atoms with Crippen molar-refractivity contribution in [3.05, 3.63) is 94.3 Å². The molecule has 6 rings (SSSR count). The number of hydrogen-bond acceptors (Lipinski definition) is 6. The lowest BCUT2D eigenvalue weighted by Gasteiger charge is -2.53. The average Bonchev–Trinajstić information content (AvgIpc) is 3.34. The minimum absolute atomic E-state index is 0.119. The van der Waals surface area contributed by atoms with Gasteiger partial charge in [-0.2, -0.15) is 0 Å². The SMILES string of the molecule is CC(=O)OC1=C2C(=C3CCC(C(C)OC(=O)c4ccccc4)C3(C)C1)CCC1C[C@H](OC(=O)c3ccccc3)CCC21C. The lowest BCUT2D eigenvalue weighted by molar-refractivity contribution is -0.137. The van der Waals surface area contributed by atoms with Gasteiger partial charge in [0.05, 0.1) is 11.1 Å². The lowest BCUT2D eigenvalue weighted by Crippen LogP contribution is -2.45. The Bertz CT molecular complexity index is 1470. The standard InChI is InChI=1S/C37H42O6/c1-23(41-34(39)25-11-7-5-8-12-25)30-17-18-31-29-16-15-27-21-28(43-35(40)26-13-9-6-10-14-26)19-20-36(27,3)33(29)32(42-24(2)38)22-37(30,31)4/h5-14,23,27-28,30H,15-22H2,1-4H3/t23?,27?,28-,30?,36?,37?/m1/s1. The maximum atomic E-state index is 12.9. The van der Waals surface area contributed by atoms with Crippen molar-refractivity contribution in [2.45, 2.75) is 91.3 Å². The van der Waals surface area contributed by atoms with E-state index in [1.54, 1.807) is 24.3 Å². The predicted octanol–water partition coefficient (Wildman–Crippen LogP) is 7.99. The van der Waals surface area contributed by atoms with Gasteiger partial charge in [-0.15, -0.1) is 0 Å². The van der Waals surface area contributed by atoms with Gasteiger partial charge in [-0.05, 0) is 98.6 Å². The van der Waals surface area contributed by atoms with E-state index in [0.717, 1.165) is 50.7 Å². The van der Waals surface area contributed by atoms with Crippen molar-refractivity contribution < 1.29 is 28.6 Å². The topological polar surface area (TPSA) is 78.9 Å². The molecule has 43 heavy (non-hydrogen) atoms. The first-order chi connectivity index (χ1) is 20.6. The molecule has 0 heterocycles. The van der Waals surface area contributed by atoms with Crippen LogP contribution in [0.15, 0.2) is 83.1 Å². The van der Waals surface area contributed by atoms with Crippen LogP contribution in [0.25, 0.3) is 0 Å². The molecule has 0 N–H and O–H groups in total. The molecule has 3 fully saturated rings. The number of benzene rings is 2. The van der Waals surface area contributed by atoms with E-state index in [1.165, 1.54) is 23.6 Å². The Morgan fingerprint density at radius 3 is 2.14 bits per heavy atom. The Labute approximate surface area is 254 Å². The molecule has 0 amide bonds. The molecule has 0 aromatic heterocycles. The quantitative estimate of drug-likeness (QED) is 0.254. The predicted molar refractivity (Wildman–Crippen MR) is 163 cm³/mol. The van der Waals surface area contributed by atoms with Gasteiger partial charge in [0.2, 0.25) is 0 Å². The second-order valence-corrected chi connectivity index (χ2v) is 13.4. The molecule has 6 heteroatoms. The largest absolute Gasteiger partial charge is 0.459 e. The summed E-state index contributed by atoms with van der Waals surface area (Å²) >= 11 is 0. The normalized spacial score (nSPS) is 30.5. The molecule has 2 aromatic rings. The number of hydrogen-bond donors (Lipinski definition) is 0. The number of rotatable bonds is 6. The van der Waals surface area contributed by atoms with E-state index >= 15 is 0 Å². The summed E-state index contributed by atoms with van der Waals surface area (Å²) in [7, 11) is 0. The van der Waals surface area contributed by atoms with Crippen LogP contribution in [0.5, 0.6) is 0 Å². The zero-order chi connectivity index (χ0) is 30.4. The van der Waals surface area contributed by atoms with Crippen LogP contribution < -0.4 is 0 Å². The molecule has 0 aliphatic heterocycles. The first-order valence-corrected chi connectivity index (χ1v) is 15.8. The first kappa shape index (κ1) is 29.4. The number of esters is 3. The highest BCUT2D eigenvalue weighted by Gasteiger charge is 2.56. The average molecular weight is 583 g/mol. The van der Waals surface area contributed by atoms with E-state index in [2.05, 4.69) is 13.8 Å². The van der Waals surface area contributed by atoms with Crippen molar-refractivity contribution >= 4 is 17.9 Å². The number of carbonyl (C=O) groups is 3. The maximum absolute atomic E-state index is 12.9. The van der Waals surface area contributed by atoms with Crippen LogP contribution in [-0.4, -0.2) is 30.1 Å². The third-order valence-corrected chi connectivity index (χ3v) is 10.9. The third kappa shape index (κ3) is 5.34. The Kier molecular flexibility index (Phi) is 7.82. The summed E-state index contributed by atoms with van der Waals surface area (Å²) in [6.07, 6.45) is 6.47. The Hall–Kier alpha value is -3.67. The first-order valence-electron chi connectivity index (χ1n) is 15.8. The van der Waals surface area contributed by atoms with Gasteiger partial charge in [0, 0.05) is 24.7 Å². The van der Waals surface area contributed by atoms with Gasteiger partial charge in [0.1, 0.15) is 18.0 Å². The third-order valence-electron chi connectivity index (χ3n) is 10.9. The fraction of sp³-hybridized carbons (Fsp3) is 0.486. The monoisotopic (exact) mass is 582 g/mol. The maximum Gasteiger partial charge on any atom is 0.338 e. The van der Waals surface area contributed by atoms with Crippen LogP contribution in [0.3, 0.4) is 0 Å². The lowest BCUT2D eigenvalue weighted by atomic mass is 9.52. The Balaban J connectivity index is 1.25. The number of allylic oxidation sites excluding steroid dienone is 4. The summed E-state index contributed by atoms with van der Waals surface area (Å²) in [5.74, 6) is 0.362. The highest BCUT2D eigenvalue weighted by Crippen LogP contribution is 2.65. The molecule has 0 saturated heterocycles. The highest BCUT2D eigenvalue weighted by atomic mass is 16.5. The Morgan fingerprint density at radius 1 is 0.837 bits per heavy atom. The summed E-state index contributed by atoms with van der Waals surface area (Å²) in [4.78, 5) is 38.2. The van der Waals surface area contributed by atoms with Crippen LogP contribution in [0, 0.1) is 22.7 Å². The molecular formula is C37H42O6. The number of ether oxygens (including phenoxy) is 3. The van der Waals surface area contributed by atoms with Crippen molar-refractivity contribution in [3.63, 3.8) is 0 Å². The van der Waals surface area contributed by atoms with E-state index in [0.29, 0.717) is 23.5 Å². The molecule has 3 saturated carbocycles. The zero-order valence-corrected chi connectivity index (χ0v) is 25.7. The van der Waals surface area contributed by atoms with E-state index in [9.17, 15) is 14.4 Å². The van der Waals surface area contributed by atoms with Crippen LogP contribution in [0.1, 0.15) is 99.8 Å². The Morgan fingerprint density at radius 2 is 1.49 bits per heavy atom. The zero-order valence-electron chi connectivity index (χ0n) is 25.7. The number of fused-ring (bicyclic) bond motifs is 4. The van der Waals surface area contributed by atoms with Gasteiger partial charge in [-0.3, -0.25) is 4.79 Å². The van der Waals surface area contributed by atoms with E-state index in [-0.39, 0.29) is 46.9 Å². The molecule has 226 valence electrons. The summed E-state index contributed by atoms with van der Waals surface area (Å²) < 4.78 is 18.1. The minimum atomic E-state index is -0.303. The molecule has 0 bridgehead atoms. The van der Waals surface area contributed by atoms with Crippen molar-refractivity contribution in [2.75, 3.05) is 0 Å². The summed E-state index contributed by atoms with van der Waals surface area (Å²) in [5, 5.41) is 0. The van der Waals surface area contributed by atoms with Gasteiger partial charge in [0.25, 0.3) is 0 Å². The molecule has 6 nitrogen and oxygen atoms in total. The van der Waals surface area contributed by atoms with E-state index < -0.39 is 0 Å².